The molecule has 0 saturated heterocycles. The first-order valence-corrected chi connectivity index (χ1v) is 9.27. The summed E-state index contributed by atoms with van der Waals surface area (Å²) in [6.07, 6.45) is 4.12. The van der Waals surface area contributed by atoms with Crippen LogP contribution in [0, 0.1) is 0 Å². The smallest absolute Gasteiger partial charge is 0.237 e. The Hall–Kier alpha value is -3.38. The van der Waals surface area contributed by atoms with E-state index in [1.807, 2.05) is 60.8 Å². The van der Waals surface area contributed by atoms with E-state index in [2.05, 4.69) is 15.3 Å². The van der Waals surface area contributed by atoms with Gasteiger partial charge in [0.2, 0.25) is 5.91 Å². The minimum atomic E-state index is -0.613. The Morgan fingerprint density at radius 2 is 2.00 bits per heavy atom. The Balaban J connectivity index is 1.29. The van der Waals surface area contributed by atoms with Crippen molar-refractivity contribution in [1.29, 1.82) is 0 Å². The van der Waals surface area contributed by atoms with Crippen LogP contribution < -0.4 is 15.8 Å². The zero-order valence-corrected chi connectivity index (χ0v) is 15.4. The largest absolute Gasteiger partial charge is 0.489 e. The maximum atomic E-state index is 12.3. The number of rotatable bonds is 7. The van der Waals surface area contributed by atoms with Gasteiger partial charge in [0.1, 0.15) is 17.9 Å². The number of H-pyrrole nitrogens is 1. The van der Waals surface area contributed by atoms with Gasteiger partial charge in [-0.15, -0.1) is 0 Å². The highest BCUT2D eigenvalue weighted by atomic mass is 16.5. The molecule has 2 heterocycles. The molecule has 2 aromatic heterocycles. The molecular weight excluding hydrogens is 352 g/mol. The van der Waals surface area contributed by atoms with Crippen molar-refractivity contribution in [2.24, 2.45) is 5.73 Å². The van der Waals surface area contributed by atoms with Gasteiger partial charge in [-0.25, -0.2) is 0 Å². The minimum Gasteiger partial charge on any atom is -0.489 e. The average Bonchev–Trinajstić information content (AvgIpc) is 3.14. The molecule has 2 aromatic carbocycles. The van der Waals surface area contributed by atoms with Crippen LogP contribution in [0.4, 0.5) is 0 Å². The zero-order valence-electron chi connectivity index (χ0n) is 15.4. The number of hydrogen-bond acceptors (Lipinski definition) is 4. The average molecular weight is 374 g/mol. The van der Waals surface area contributed by atoms with Gasteiger partial charge < -0.3 is 20.8 Å². The minimum absolute atomic E-state index is 0.190. The van der Waals surface area contributed by atoms with Crippen LogP contribution >= 0.6 is 0 Å². The van der Waals surface area contributed by atoms with Crippen LogP contribution in [0.15, 0.2) is 67.0 Å². The lowest BCUT2D eigenvalue weighted by molar-refractivity contribution is -0.122. The summed E-state index contributed by atoms with van der Waals surface area (Å²) in [5.74, 6) is 0.514. The number of aromatic nitrogens is 2. The number of nitrogens with one attached hydrogen (secondary N) is 2. The molecule has 0 bridgehead atoms. The highest BCUT2D eigenvalue weighted by molar-refractivity contribution is 5.86. The van der Waals surface area contributed by atoms with Crippen LogP contribution in [0.3, 0.4) is 0 Å². The molecule has 6 heteroatoms. The monoisotopic (exact) mass is 374 g/mol. The van der Waals surface area contributed by atoms with Crippen LogP contribution in [0.2, 0.25) is 0 Å². The molecule has 4 rings (SSSR count). The Bertz CT molecular complexity index is 1100. The third kappa shape index (κ3) is 3.82. The molecule has 1 atom stereocenters. The Labute approximate surface area is 162 Å². The number of para-hydroxylation sites is 2. The molecule has 6 nitrogen and oxygen atoms in total. The SMILES string of the molecule is N[C@@H](Cc1c[nH]c2ccccc12)C(=O)NCCOc1cccc2cccnc12. The molecule has 0 spiro atoms. The standard InChI is InChI=1S/C22H22N4O2/c23-18(13-16-14-26-19-8-2-1-7-17(16)19)22(27)25-11-12-28-20-9-3-5-15-6-4-10-24-21(15)20/h1-10,14,18,26H,11-13,23H2,(H,25,27)/t18-/m0/s1. The third-order valence-corrected chi connectivity index (χ3v) is 4.71. The van der Waals surface area contributed by atoms with Gasteiger partial charge in [-0.3, -0.25) is 9.78 Å². The summed E-state index contributed by atoms with van der Waals surface area (Å²) in [7, 11) is 0. The van der Waals surface area contributed by atoms with Gasteiger partial charge in [0.15, 0.2) is 0 Å². The second kappa shape index (κ2) is 8.10. The molecule has 1 amide bonds. The number of carbonyl (C=O) groups is 1. The number of carbonyl (C=O) groups excluding carboxylic acids is 1. The Kier molecular flexibility index (Phi) is 5.21. The van der Waals surface area contributed by atoms with Crippen molar-refractivity contribution in [2.45, 2.75) is 12.5 Å². The van der Waals surface area contributed by atoms with Gasteiger partial charge in [-0.05, 0) is 30.2 Å². The van der Waals surface area contributed by atoms with Crippen molar-refractivity contribution in [3.05, 3.63) is 72.6 Å². The Morgan fingerprint density at radius 1 is 1.14 bits per heavy atom. The first-order valence-electron chi connectivity index (χ1n) is 9.27. The summed E-state index contributed by atoms with van der Waals surface area (Å²) in [6, 6.07) is 17.0. The summed E-state index contributed by atoms with van der Waals surface area (Å²) < 4.78 is 5.79. The van der Waals surface area contributed by atoms with Crippen molar-refractivity contribution < 1.29 is 9.53 Å². The van der Waals surface area contributed by atoms with E-state index in [9.17, 15) is 4.79 Å². The van der Waals surface area contributed by atoms with Crippen molar-refractivity contribution in [3.63, 3.8) is 0 Å². The number of nitrogens with zero attached hydrogens (tertiary/aromatic N) is 1. The highest BCUT2D eigenvalue weighted by Crippen LogP contribution is 2.22. The summed E-state index contributed by atoms with van der Waals surface area (Å²) in [5, 5.41) is 4.95. The summed E-state index contributed by atoms with van der Waals surface area (Å²) in [4.78, 5) is 19.9. The quantitative estimate of drug-likeness (QED) is 0.434. The molecule has 4 aromatic rings. The Morgan fingerprint density at radius 3 is 2.93 bits per heavy atom. The van der Waals surface area contributed by atoms with E-state index < -0.39 is 6.04 Å². The van der Waals surface area contributed by atoms with Crippen molar-refractivity contribution in [1.82, 2.24) is 15.3 Å². The normalized spacial score (nSPS) is 12.2. The fraction of sp³-hybridized carbons (Fsp3) is 0.182. The lowest BCUT2D eigenvalue weighted by Crippen LogP contribution is -2.43. The van der Waals surface area contributed by atoms with Gasteiger partial charge in [0.25, 0.3) is 0 Å². The lowest BCUT2D eigenvalue weighted by atomic mass is 10.1. The fourth-order valence-electron chi connectivity index (χ4n) is 3.29. The van der Waals surface area contributed by atoms with Crippen LogP contribution in [-0.4, -0.2) is 35.1 Å². The van der Waals surface area contributed by atoms with Gasteiger partial charge in [-0.1, -0.05) is 36.4 Å². The van der Waals surface area contributed by atoms with Crippen LogP contribution in [-0.2, 0) is 11.2 Å². The molecule has 0 unspecified atom stereocenters. The van der Waals surface area contributed by atoms with Crippen molar-refractivity contribution in [2.75, 3.05) is 13.2 Å². The molecule has 142 valence electrons. The number of ether oxygens (including phenoxy) is 1. The first-order chi connectivity index (χ1) is 13.7. The zero-order chi connectivity index (χ0) is 19.3. The van der Waals surface area contributed by atoms with Crippen LogP contribution in [0.5, 0.6) is 5.75 Å². The predicted octanol–water partition coefficient (Wildman–Crippen LogP) is 2.78. The molecule has 0 aliphatic carbocycles. The number of nitrogens with two attached hydrogens (primary N) is 1. The molecule has 0 saturated carbocycles. The van der Waals surface area contributed by atoms with Crippen molar-refractivity contribution >= 4 is 27.7 Å². The molecule has 4 N–H and O–H groups in total. The lowest BCUT2D eigenvalue weighted by Gasteiger charge is -2.13. The number of amides is 1. The van der Waals surface area contributed by atoms with Gasteiger partial charge >= 0.3 is 0 Å². The number of aromatic amines is 1. The van der Waals surface area contributed by atoms with Crippen LogP contribution in [0.25, 0.3) is 21.8 Å². The second-order valence-corrected chi connectivity index (χ2v) is 6.64. The van der Waals surface area contributed by atoms with Gasteiger partial charge in [-0.2, -0.15) is 0 Å². The van der Waals surface area contributed by atoms with E-state index in [0.29, 0.717) is 25.3 Å². The van der Waals surface area contributed by atoms with E-state index in [1.54, 1.807) is 6.20 Å². The van der Waals surface area contributed by atoms with E-state index in [4.69, 9.17) is 10.5 Å². The molecule has 0 fully saturated rings. The van der Waals surface area contributed by atoms with Crippen LogP contribution in [0.1, 0.15) is 5.56 Å². The number of fused-ring (bicyclic) bond motifs is 2. The predicted molar refractivity (Wildman–Crippen MR) is 110 cm³/mol. The maximum Gasteiger partial charge on any atom is 0.237 e. The van der Waals surface area contributed by atoms with E-state index in [-0.39, 0.29) is 5.91 Å². The second-order valence-electron chi connectivity index (χ2n) is 6.64. The molecule has 0 aliphatic heterocycles. The summed E-state index contributed by atoms with van der Waals surface area (Å²) in [6.45, 7) is 0.727. The molecular formula is C22H22N4O2. The van der Waals surface area contributed by atoms with E-state index in [0.717, 1.165) is 27.4 Å². The molecule has 0 radical (unpaired) electrons. The topological polar surface area (TPSA) is 93.0 Å². The molecule has 28 heavy (non-hydrogen) atoms. The van der Waals surface area contributed by atoms with E-state index >= 15 is 0 Å². The summed E-state index contributed by atoms with van der Waals surface area (Å²) in [5.41, 5.74) is 8.98. The van der Waals surface area contributed by atoms with Gasteiger partial charge in [0.05, 0.1) is 12.6 Å². The number of hydrogen-bond donors (Lipinski definition) is 3. The van der Waals surface area contributed by atoms with E-state index in [1.165, 1.54) is 0 Å². The first kappa shape index (κ1) is 18.0. The third-order valence-electron chi connectivity index (χ3n) is 4.71. The number of pyridine rings is 1. The number of benzene rings is 2. The summed E-state index contributed by atoms with van der Waals surface area (Å²) >= 11 is 0. The maximum absolute atomic E-state index is 12.3. The molecule has 0 aliphatic rings. The highest BCUT2D eigenvalue weighted by Gasteiger charge is 2.16. The fourth-order valence-corrected chi connectivity index (χ4v) is 3.29. The van der Waals surface area contributed by atoms with Crippen molar-refractivity contribution in [3.8, 4) is 5.75 Å². The van der Waals surface area contributed by atoms with Gasteiger partial charge in [0, 0.05) is 28.7 Å².